The van der Waals surface area contributed by atoms with Crippen molar-refractivity contribution in [3.8, 4) is 6.07 Å². The number of piperazine rings is 1. The van der Waals surface area contributed by atoms with E-state index in [9.17, 15) is 5.26 Å². The molecule has 32 heavy (non-hydrogen) atoms. The van der Waals surface area contributed by atoms with E-state index < -0.39 is 0 Å². The number of hydrogen-bond donors (Lipinski definition) is 1. The second kappa shape index (κ2) is 8.07. The van der Waals surface area contributed by atoms with Gasteiger partial charge in [-0.25, -0.2) is 0 Å². The number of aryl methyl sites for hydroxylation is 1. The fourth-order valence-corrected chi connectivity index (χ4v) is 5.44. The van der Waals surface area contributed by atoms with Crippen molar-refractivity contribution < 1.29 is 0 Å². The van der Waals surface area contributed by atoms with Crippen LogP contribution in [0.15, 0.2) is 36.4 Å². The first-order valence-electron chi connectivity index (χ1n) is 11.5. The second-order valence-corrected chi connectivity index (χ2v) is 9.34. The lowest BCUT2D eigenvalue weighted by atomic mass is 9.90. The first kappa shape index (κ1) is 20.7. The molecule has 6 rings (SSSR count). The Morgan fingerprint density at radius 2 is 1.88 bits per heavy atom. The van der Waals surface area contributed by atoms with E-state index in [2.05, 4.69) is 69.6 Å². The van der Waals surface area contributed by atoms with Gasteiger partial charge in [0.05, 0.1) is 23.4 Å². The van der Waals surface area contributed by atoms with Crippen LogP contribution in [0.4, 0.5) is 11.5 Å². The number of nitrogens with one attached hydrogen (secondary N) is 1. The molecule has 3 saturated heterocycles. The van der Waals surface area contributed by atoms with Crippen LogP contribution in [-0.2, 0) is 0 Å². The summed E-state index contributed by atoms with van der Waals surface area (Å²) in [6.45, 7) is 8.35. The van der Waals surface area contributed by atoms with Gasteiger partial charge in [-0.2, -0.15) is 10.4 Å². The average molecular weight is 427 g/mol. The Kier molecular flexibility index (Phi) is 5.22. The van der Waals surface area contributed by atoms with Gasteiger partial charge in [0, 0.05) is 41.6 Å². The number of nitriles is 1. The van der Waals surface area contributed by atoms with E-state index >= 15 is 0 Å². The predicted molar refractivity (Wildman–Crippen MR) is 129 cm³/mol. The van der Waals surface area contributed by atoms with Crippen molar-refractivity contribution in [2.24, 2.45) is 0 Å². The van der Waals surface area contributed by atoms with Gasteiger partial charge < -0.3 is 10.2 Å². The topological polar surface area (TPSA) is 68.1 Å². The van der Waals surface area contributed by atoms with E-state index in [1.54, 1.807) is 0 Å². The minimum Gasteiger partial charge on any atom is -0.366 e. The van der Waals surface area contributed by atoms with Crippen LogP contribution in [0, 0.1) is 25.2 Å². The highest BCUT2D eigenvalue weighted by Gasteiger charge is 2.37. The Morgan fingerprint density at radius 1 is 1.06 bits per heavy atom. The molecule has 3 aromatic rings. The molecule has 3 fully saturated rings. The summed E-state index contributed by atoms with van der Waals surface area (Å²) in [6, 6.07) is 16.1. The van der Waals surface area contributed by atoms with E-state index in [1.165, 1.54) is 18.5 Å². The van der Waals surface area contributed by atoms with Gasteiger partial charge in [0.15, 0.2) is 5.82 Å². The van der Waals surface area contributed by atoms with Gasteiger partial charge in [-0.05, 0) is 70.0 Å². The monoisotopic (exact) mass is 426 g/mol. The van der Waals surface area contributed by atoms with Crippen molar-refractivity contribution in [1.29, 1.82) is 5.26 Å². The van der Waals surface area contributed by atoms with E-state index in [1.807, 2.05) is 26.0 Å². The molecule has 2 aromatic carbocycles. The molecule has 1 N–H and O–H groups in total. The number of aromatic nitrogens is 2. The molecule has 164 valence electrons. The number of hydrogen-bond acceptors (Lipinski definition) is 6. The number of fused-ring (bicyclic) bond motifs is 4. The molecule has 1 aromatic heterocycles. The number of rotatable bonds is 4. The normalized spacial score (nSPS) is 21.5. The fourth-order valence-electron chi connectivity index (χ4n) is 5.44. The van der Waals surface area contributed by atoms with Gasteiger partial charge in [-0.1, -0.05) is 18.2 Å². The minimum atomic E-state index is 0.00631. The van der Waals surface area contributed by atoms with Crippen LogP contribution in [0.1, 0.15) is 48.2 Å². The molecule has 0 amide bonds. The minimum absolute atomic E-state index is 0.00631. The molecule has 0 saturated carbocycles. The highest BCUT2D eigenvalue weighted by Crippen LogP contribution is 2.35. The maximum atomic E-state index is 9.40. The Labute approximate surface area is 189 Å². The molecule has 6 heteroatoms. The highest BCUT2D eigenvalue weighted by atomic mass is 15.3. The molecule has 4 heterocycles. The quantitative estimate of drug-likeness (QED) is 0.659. The van der Waals surface area contributed by atoms with Crippen LogP contribution >= 0.6 is 0 Å². The third-order valence-electron chi connectivity index (χ3n) is 7.40. The fraction of sp³-hybridized carbons (Fsp3) is 0.423. The number of anilines is 2. The first-order chi connectivity index (χ1) is 15.5. The zero-order valence-corrected chi connectivity index (χ0v) is 19.3. The first-order valence-corrected chi connectivity index (χ1v) is 11.5. The van der Waals surface area contributed by atoms with Gasteiger partial charge >= 0.3 is 0 Å². The number of piperidine rings is 2. The molecule has 1 unspecified atom stereocenters. The third kappa shape index (κ3) is 3.47. The Morgan fingerprint density at radius 3 is 2.59 bits per heavy atom. The van der Waals surface area contributed by atoms with Crippen LogP contribution in [-0.4, -0.2) is 47.3 Å². The summed E-state index contributed by atoms with van der Waals surface area (Å²) in [5.41, 5.74) is 5.03. The molecular weight excluding hydrogens is 396 g/mol. The second-order valence-electron chi connectivity index (χ2n) is 9.34. The van der Waals surface area contributed by atoms with Crippen molar-refractivity contribution in [3.05, 3.63) is 58.8 Å². The summed E-state index contributed by atoms with van der Waals surface area (Å²) in [5.74, 6) is 0.793. The van der Waals surface area contributed by atoms with Crippen molar-refractivity contribution in [2.75, 3.05) is 30.4 Å². The van der Waals surface area contributed by atoms with Gasteiger partial charge in [0.25, 0.3) is 0 Å². The molecule has 3 aliphatic rings. The van der Waals surface area contributed by atoms with Gasteiger partial charge in [-0.3, -0.25) is 4.90 Å². The highest BCUT2D eigenvalue weighted by molar-refractivity contribution is 5.95. The van der Waals surface area contributed by atoms with Gasteiger partial charge in [0.1, 0.15) is 0 Å². The third-order valence-corrected chi connectivity index (χ3v) is 7.40. The SMILES string of the molecule is Cc1c(C#N)cccc1C(C)Nc1nnc(C)c2ccc(N3C[C@H]4CC[C@@H]3CN4C)cc12. The van der Waals surface area contributed by atoms with Crippen molar-refractivity contribution in [1.82, 2.24) is 15.1 Å². The standard InChI is InChI=1S/C26H30N6/c1-16-19(13-27)6-5-7-23(16)17(2)28-26-25-12-20(10-11-24(25)18(3)29-30-26)32-15-21-8-9-22(32)14-31(21)4/h5-7,10-12,17,21-22H,8-9,14-15H2,1-4H3,(H,28,30)/t17?,21-,22-/m1/s1. The molecule has 3 aliphatic heterocycles. The summed E-state index contributed by atoms with van der Waals surface area (Å²) in [6.07, 6.45) is 2.55. The largest absolute Gasteiger partial charge is 0.366 e. The van der Waals surface area contributed by atoms with E-state index in [4.69, 9.17) is 0 Å². The molecule has 0 spiro atoms. The molecule has 0 radical (unpaired) electrons. The van der Waals surface area contributed by atoms with Crippen LogP contribution in [0.3, 0.4) is 0 Å². The van der Waals surface area contributed by atoms with Gasteiger partial charge in [0.2, 0.25) is 0 Å². The van der Waals surface area contributed by atoms with Crippen LogP contribution in [0.5, 0.6) is 0 Å². The number of nitrogens with zero attached hydrogens (tertiary/aromatic N) is 5. The number of benzene rings is 2. The number of likely N-dealkylation sites (N-methyl/N-ethyl adjacent to an activating group) is 1. The lowest BCUT2D eigenvalue weighted by Crippen LogP contribution is -2.61. The van der Waals surface area contributed by atoms with E-state index in [0.717, 1.165) is 46.5 Å². The molecular formula is C26H30N6. The molecule has 0 aliphatic carbocycles. The average Bonchev–Trinajstić information content (AvgIpc) is 2.81. The Hall–Kier alpha value is -3.17. The van der Waals surface area contributed by atoms with Gasteiger partial charge in [-0.15, -0.1) is 5.10 Å². The predicted octanol–water partition coefficient (Wildman–Crippen LogP) is 4.57. The van der Waals surface area contributed by atoms with Crippen LogP contribution in [0.2, 0.25) is 0 Å². The van der Waals surface area contributed by atoms with Crippen molar-refractivity contribution in [2.45, 2.75) is 51.7 Å². The van der Waals surface area contributed by atoms with Crippen molar-refractivity contribution in [3.63, 3.8) is 0 Å². The lowest BCUT2D eigenvalue weighted by Gasteiger charge is -2.51. The summed E-state index contributed by atoms with van der Waals surface area (Å²) < 4.78 is 0. The maximum absolute atomic E-state index is 9.40. The summed E-state index contributed by atoms with van der Waals surface area (Å²) >= 11 is 0. The maximum Gasteiger partial charge on any atom is 0.157 e. The van der Waals surface area contributed by atoms with Crippen LogP contribution in [0.25, 0.3) is 10.8 Å². The Balaban J connectivity index is 1.51. The summed E-state index contributed by atoms with van der Waals surface area (Å²) in [5, 5.41) is 24.2. The smallest absolute Gasteiger partial charge is 0.157 e. The molecule has 3 atom stereocenters. The zero-order valence-electron chi connectivity index (χ0n) is 19.3. The molecule has 2 bridgehead atoms. The summed E-state index contributed by atoms with van der Waals surface area (Å²) in [7, 11) is 2.25. The molecule has 6 nitrogen and oxygen atoms in total. The van der Waals surface area contributed by atoms with E-state index in [0.29, 0.717) is 17.6 Å². The lowest BCUT2D eigenvalue weighted by molar-refractivity contribution is 0.125. The van der Waals surface area contributed by atoms with E-state index in [-0.39, 0.29) is 6.04 Å². The van der Waals surface area contributed by atoms with Crippen molar-refractivity contribution >= 4 is 22.3 Å². The Bertz CT molecular complexity index is 1210. The summed E-state index contributed by atoms with van der Waals surface area (Å²) in [4.78, 5) is 5.09. The van der Waals surface area contributed by atoms with Crippen LogP contribution < -0.4 is 10.2 Å². The zero-order chi connectivity index (χ0) is 22.4.